The molecular weight excluding hydrogens is 226 g/mol. The number of benzene rings is 1. The second-order valence-corrected chi connectivity index (χ2v) is 3.93. The van der Waals surface area contributed by atoms with Crippen molar-refractivity contribution >= 4 is 0 Å². The molecule has 2 aromatic rings. The van der Waals surface area contributed by atoms with Gasteiger partial charge in [0.25, 0.3) is 0 Å². The maximum absolute atomic E-state index is 8.97. The second-order valence-electron chi connectivity index (χ2n) is 3.93. The van der Waals surface area contributed by atoms with Crippen LogP contribution in [0.15, 0.2) is 42.6 Å². The number of aromatic nitrogens is 1. The van der Waals surface area contributed by atoms with Gasteiger partial charge in [-0.25, -0.2) is 4.98 Å². The van der Waals surface area contributed by atoms with E-state index in [1.54, 1.807) is 30.5 Å². The number of rotatable bonds is 3. The Morgan fingerprint density at radius 3 is 2.83 bits per heavy atom. The van der Waals surface area contributed by atoms with Crippen LogP contribution < -0.4 is 10.5 Å². The van der Waals surface area contributed by atoms with Gasteiger partial charge in [-0.2, -0.15) is 5.26 Å². The van der Waals surface area contributed by atoms with Crippen LogP contribution in [-0.2, 0) is 0 Å². The molecule has 2 N–H and O–H groups in total. The molecule has 90 valence electrons. The van der Waals surface area contributed by atoms with Gasteiger partial charge in [-0.3, -0.25) is 0 Å². The highest BCUT2D eigenvalue weighted by molar-refractivity contribution is 5.44. The van der Waals surface area contributed by atoms with Gasteiger partial charge in [-0.05, 0) is 30.7 Å². The van der Waals surface area contributed by atoms with Gasteiger partial charge in [0.1, 0.15) is 11.8 Å². The first kappa shape index (κ1) is 12.1. The Kier molecular flexibility index (Phi) is 3.56. The number of pyridine rings is 1. The topological polar surface area (TPSA) is 71.9 Å². The molecule has 0 bridgehead atoms. The zero-order valence-corrected chi connectivity index (χ0v) is 10.00. The van der Waals surface area contributed by atoms with E-state index < -0.39 is 0 Å². The number of para-hydroxylation sites is 1. The third kappa shape index (κ3) is 2.65. The average Bonchev–Trinajstić information content (AvgIpc) is 2.39. The molecule has 4 nitrogen and oxygen atoms in total. The fourth-order valence-corrected chi connectivity index (χ4v) is 1.52. The number of nitriles is 1. The van der Waals surface area contributed by atoms with E-state index in [0.717, 1.165) is 5.56 Å². The van der Waals surface area contributed by atoms with Crippen molar-refractivity contribution in [2.24, 2.45) is 5.73 Å². The van der Waals surface area contributed by atoms with E-state index in [2.05, 4.69) is 11.1 Å². The second kappa shape index (κ2) is 5.30. The molecule has 0 radical (unpaired) electrons. The zero-order valence-electron chi connectivity index (χ0n) is 10.00. The van der Waals surface area contributed by atoms with Gasteiger partial charge in [0.05, 0.1) is 5.56 Å². The summed E-state index contributed by atoms with van der Waals surface area (Å²) in [6.45, 7) is 1.89. The van der Waals surface area contributed by atoms with E-state index in [1.165, 1.54) is 0 Å². The van der Waals surface area contributed by atoms with Crippen molar-refractivity contribution in [1.82, 2.24) is 4.98 Å². The Morgan fingerprint density at radius 2 is 2.11 bits per heavy atom. The first-order valence-corrected chi connectivity index (χ1v) is 5.59. The van der Waals surface area contributed by atoms with Crippen LogP contribution in [0.25, 0.3) is 0 Å². The number of hydrogen-bond acceptors (Lipinski definition) is 4. The highest BCUT2D eigenvalue weighted by atomic mass is 16.5. The minimum absolute atomic E-state index is 0.0819. The number of hydrogen-bond donors (Lipinski definition) is 1. The molecule has 1 unspecified atom stereocenters. The van der Waals surface area contributed by atoms with Crippen molar-refractivity contribution in [2.45, 2.75) is 13.0 Å². The molecule has 0 amide bonds. The van der Waals surface area contributed by atoms with Crippen LogP contribution >= 0.6 is 0 Å². The number of ether oxygens (including phenoxy) is 1. The van der Waals surface area contributed by atoms with E-state index in [9.17, 15) is 0 Å². The predicted octanol–water partition coefficient (Wildman–Crippen LogP) is 2.77. The summed E-state index contributed by atoms with van der Waals surface area (Å²) in [6, 6.07) is 12.6. The Morgan fingerprint density at radius 1 is 1.33 bits per heavy atom. The highest BCUT2D eigenvalue weighted by Crippen LogP contribution is 2.24. The van der Waals surface area contributed by atoms with E-state index in [-0.39, 0.29) is 6.04 Å². The van der Waals surface area contributed by atoms with Gasteiger partial charge in [0.2, 0.25) is 5.88 Å². The molecule has 0 spiro atoms. The normalized spacial score (nSPS) is 11.6. The van der Waals surface area contributed by atoms with Crippen molar-refractivity contribution < 1.29 is 4.74 Å². The van der Waals surface area contributed by atoms with Gasteiger partial charge in [-0.15, -0.1) is 0 Å². The summed E-state index contributed by atoms with van der Waals surface area (Å²) in [5, 5.41) is 8.97. The zero-order chi connectivity index (χ0) is 13.0. The van der Waals surface area contributed by atoms with Crippen LogP contribution in [0.1, 0.15) is 24.1 Å². The van der Waals surface area contributed by atoms with E-state index >= 15 is 0 Å². The minimum Gasteiger partial charge on any atom is -0.438 e. The third-order valence-corrected chi connectivity index (χ3v) is 2.51. The average molecular weight is 239 g/mol. The fraction of sp³-hybridized carbons (Fsp3) is 0.143. The lowest BCUT2D eigenvalue weighted by atomic mass is 10.1. The Bertz CT molecular complexity index is 588. The summed E-state index contributed by atoms with van der Waals surface area (Å²) in [5.74, 6) is 0.932. The summed E-state index contributed by atoms with van der Waals surface area (Å²) in [5.41, 5.74) is 7.21. The summed E-state index contributed by atoms with van der Waals surface area (Å²) < 4.78 is 5.60. The molecule has 4 heteroatoms. The van der Waals surface area contributed by atoms with E-state index in [1.807, 2.05) is 19.1 Å². The van der Waals surface area contributed by atoms with Gasteiger partial charge in [-0.1, -0.05) is 12.1 Å². The number of nitrogens with two attached hydrogens (primary N) is 1. The highest BCUT2D eigenvalue weighted by Gasteiger charge is 2.06. The molecule has 0 aliphatic carbocycles. The van der Waals surface area contributed by atoms with Crippen LogP contribution in [0.4, 0.5) is 0 Å². The first-order chi connectivity index (χ1) is 8.70. The maximum Gasteiger partial charge on any atom is 0.219 e. The van der Waals surface area contributed by atoms with E-state index in [0.29, 0.717) is 17.2 Å². The first-order valence-electron chi connectivity index (χ1n) is 5.59. The van der Waals surface area contributed by atoms with Gasteiger partial charge < -0.3 is 10.5 Å². The molecule has 0 saturated heterocycles. The lowest BCUT2D eigenvalue weighted by molar-refractivity contribution is 0.460. The van der Waals surface area contributed by atoms with E-state index in [4.69, 9.17) is 15.7 Å². The van der Waals surface area contributed by atoms with Crippen LogP contribution in [0.2, 0.25) is 0 Å². The fourth-order valence-electron chi connectivity index (χ4n) is 1.52. The number of nitrogens with zero attached hydrogens (tertiary/aromatic N) is 2. The van der Waals surface area contributed by atoms with Crippen molar-refractivity contribution in [1.29, 1.82) is 5.26 Å². The smallest absolute Gasteiger partial charge is 0.219 e. The quantitative estimate of drug-likeness (QED) is 0.893. The molecule has 1 heterocycles. The molecular formula is C14H13N3O. The van der Waals surface area contributed by atoms with Crippen molar-refractivity contribution in [3.8, 4) is 17.7 Å². The molecule has 1 aromatic heterocycles. The van der Waals surface area contributed by atoms with Crippen molar-refractivity contribution in [2.75, 3.05) is 0 Å². The Balaban J connectivity index is 2.29. The van der Waals surface area contributed by atoms with Crippen LogP contribution in [-0.4, -0.2) is 4.98 Å². The molecule has 1 atom stereocenters. The van der Waals surface area contributed by atoms with Crippen molar-refractivity contribution in [3.63, 3.8) is 0 Å². The van der Waals surface area contributed by atoms with Gasteiger partial charge in [0.15, 0.2) is 0 Å². The Hall–Kier alpha value is -2.38. The standard InChI is InChI=1S/C14H13N3O/c1-10(16)11-6-7-17-14(8-11)18-13-5-3-2-4-12(13)9-15/h2-8,10H,16H2,1H3. The molecule has 0 aliphatic heterocycles. The molecule has 1 aromatic carbocycles. The van der Waals surface area contributed by atoms with Gasteiger partial charge >= 0.3 is 0 Å². The maximum atomic E-state index is 8.97. The monoisotopic (exact) mass is 239 g/mol. The van der Waals surface area contributed by atoms with Gasteiger partial charge in [0, 0.05) is 18.3 Å². The lowest BCUT2D eigenvalue weighted by Gasteiger charge is -2.09. The molecule has 18 heavy (non-hydrogen) atoms. The minimum atomic E-state index is -0.0819. The summed E-state index contributed by atoms with van der Waals surface area (Å²) >= 11 is 0. The molecule has 0 saturated carbocycles. The summed E-state index contributed by atoms with van der Waals surface area (Å²) in [4.78, 5) is 4.11. The van der Waals surface area contributed by atoms with Crippen LogP contribution in [0.5, 0.6) is 11.6 Å². The Labute approximate surface area is 106 Å². The third-order valence-electron chi connectivity index (χ3n) is 2.51. The predicted molar refractivity (Wildman–Crippen MR) is 68.1 cm³/mol. The summed E-state index contributed by atoms with van der Waals surface area (Å²) in [7, 11) is 0. The molecule has 2 rings (SSSR count). The largest absolute Gasteiger partial charge is 0.438 e. The molecule has 0 aliphatic rings. The van der Waals surface area contributed by atoms with Crippen LogP contribution in [0.3, 0.4) is 0 Å². The SMILES string of the molecule is CC(N)c1ccnc(Oc2ccccc2C#N)c1. The summed E-state index contributed by atoms with van der Waals surface area (Å²) in [6.07, 6.45) is 1.64. The molecule has 0 fully saturated rings. The van der Waals surface area contributed by atoms with Crippen LogP contribution in [0, 0.1) is 11.3 Å². The van der Waals surface area contributed by atoms with Crippen molar-refractivity contribution in [3.05, 3.63) is 53.7 Å². The lowest BCUT2D eigenvalue weighted by Crippen LogP contribution is -2.05.